The number of benzene rings is 1. The van der Waals surface area contributed by atoms with Gasteiger partial charge in [-0.3, -0.25) is 4.79 Å². The highest BCUT2D eigenvalue weighted by Gasteiger charge is 2.20. The summed E-state index contributed by atoms with van der Waals surface area (Å²) in [5.74, 6) is 0.581. The van der Waals surface area contributed by atoms with Crippen molar-refractivity contribution in [1.82, 2.24) is 0 Å². The second kappa shape index (κ2) is 4.43. The standard InChI is InChI=1S/C14H16O/c1-2-13(15)10-12-8-5-7-11-6-3-4-9-14(11)12/h2-4,6,9,12H,1,5,7-8,10H2. The molecule has 0 radical (unpaired) electrons. The first-order valence-corrected chi connectivity index (χ1v) is 5.54. The average molecular weight is 200 g/mol. The molecule has 0 bridgehead atoms. The molecule has 78 valence electrons. The van der Waals surface area contributed by atoms with Crippen LogP contribution in [0.5, 0.6) is 0 Å². The van der Waals surface area contributed by atoms with E-state index in [-0.39, 0.29) is 5.78 Å². The zero-order chi connectivity index (χ0) is 10.7. The van der Waals surface area contributed by atoms with E-state index in [1.165, 1.54) is 23.6 Å². The molecule has 1 unspecified atom stereocenters. The lowest BCUT2D eigenvalue weighted by Gasteiger charge is -2.24. The van der Waals surface area contributed by atoms with Crippen LogP contribution >= 0.6 is 0 Å². The Morgan fingerprint density at radius 1 is 1.47 bits per heavy atom. The third-order valence-corrected chi connectivity index (χ3v) is 3.17. The summed E-state index contributed by atoms with van der Waals surface area (Å²) in [6, 6.07) is 8.49. The molecule has 0 saturated carbocycles. The van der Waals surface area contributed by atoms with Gasteiger partial charge in [-0.2, -0.15) is 0 Å². The van der Waals surface area contributed by atoms with Gasteiger partial charge in [0.25, 0.3) is 0 Å². The summed E-state index contributed by atoms with van der Waals surface area (Å²) in [5.41, 5.74) is 2.80. The number of carbonyl (C=O) groups excluding carboxylic acids is 1. The number of allylic oxidation sites excluding steroid dienone is 1. The molecule has 1 nitrogen and oxygen atoms in total. The quantitative estimate of drug-likeness (QED) is 0.684. The van der Waals surface area contributed by atoms with Gasteiger partial charge in [0.15, 0.2) is 5.78 Å². The molecule has 1 aromatic carbocycles. The fourth-order valence-electron chi connectivity index (χ4n) is 2.39. The van der Waals surface area contributed by atoms with Crippen LogP contribution in [0.3, 0.4) is 0 Å². The van der Waals surface area contributed by atoms with Gasteiger partial charge in [-0.15, -0.1) is 0 Å². The van der Waals surface area contributed by atoms with Crippen LogP contribution in [0, 0.1) is 0 Å². The van der Waals surface area contributed by atoms with Crippen molar-refractivity contribution in [2.24, 2.45) is 0 Å². The van der Waals surface area contributed by atoms with E-state index < -0.39 is 0 Å². The van der Waals surface area contributed by atoms with E-state index in [4.69, 9.17) is 0 Å². The summed E-state index contributed by atoms with van der Waals surface area (Å²) in [7, 11) is 0. The average Bonchev–Trinajstić information content (AvgIpc) is 2.29. The first-order chi connectivity index (χ1) is 7.31. The van der Waals surface area contributed by atoms with Gasteiger partial charge in [-0.05, 0) is 42.4 Å². The van der Waals surface area contributed by atoms with E-state index >= 15 is 0 Å². The zero-order valence-electron chi connectivity index (χ0n) is 8.91. The Hall–Kier alpha value is -1.37. The largest absolute Gasteiger partial charge is 0.295 e. The predicted molar refractivity (Wildman–Crippen MR) is 61.9 cm³/mol. The van der Waals surface area contributed by atoms with Crippen molar-refractivity contribution in [2.45, 2.75) is 31.6 Å². The van der Waals surface area contributed by atoms with E-state index in [2.05, 4.69) is 30.8 Å². The lowest BCUT2D eigenvalue weighted by atomic mass is 9.80. The maximum atomic E-state index is 11.4. The minimum atomic E-state index is 0.164. The topological polar surface area (TPSA) is 17.1 Å². The highest BCUT2D eigenvalue weighted by Crippen LogP contribution is 2.33. The molecule has 0 heterocycles. The molecular weight excluding hydrogens is 184 g/mol. The van der Waals surface area contributed by atoms with E-state index in [9.17, 15) is 4.79 Å². The van der Waals surface area contributed by atoms with Crippen molar-refractivity contribution in [2.75, 3.05) is 0 Å². The Morgan fingerprint density at radius 2 is 2.27 bits per heavy atom. The number of fused-ring (bicyclic) bond motifs is 1. The van der Waals surface area contributed by atoms with Crippen molar-refractivity contribution in [1.29, 1.82) is 0 Å². The lowest BCUT2D eigenvalue weighted by Crippen LogP contribution is -2.12. The Bertz CT molecular complexity index is 379. The smallest absolute Gasteiger partial charge is 0.155 e. The van der Waals surface area contributed by atoms with Crippen LogP contribution in [0.2, 0.25) is 0 Å². The molecule has 0 aliphatic heterocycles. The summed E-state index contributed by atoms with van der Waals surface area (Å²) in [5, 5.41) is 0. The van der Waals surface area contributed by atoms with Gasteiger partial charge >= 0.3 is 0 Å². The Labute approximate surface area is 90.8 Å². The molecular formula is C14H16O. The summed E-state index contributed by atoms with van der Waals surface area (Å²) < 4.78 is 0. The fraction of sp³-hybridized carbons (Fsp3) is 0.357. The number of hydrogen-bond acceptors (Lipinski definition) is 1. The van der Waals surface area contributed by atoms with E-state index in [0.29, 0.717) is 12.3 Å². The molecule has 1 atom stereocenters. The fourth-order valence-corrected chi connectivity index (χ4v) is 2.39. The summed E-state index contributed by atoms with van der Waals surface area (Å²) in [6.45, 7) is 3.53. The summed E-state index contributed by atoms with van der Waals surface area (Å²) >= 11 is 0. The monoisotopic (exact) mass is 200 g/mol. The van der Waals surface area contributed by atoms with Crippen molar-refractivity contribution in [3.63, 3.8) is 0 Å². The first-order valence-electron chi connectivity index (χ1n) is 5.54. The SMILES string of the molecule is C=CC(=O)CC1CCCc2ccccc21. The second-order valence-corrected chi connectivity index (χ2v) is 4.16. The van der Waals surface area contributed by atoms with Crippen molar-refractivity contribution >= 4 is 5.78 Å². The number of carbonyl (C=O) groups is 1. The lowest BCUT2D eigenvalue weighted by molar-refractivity contribution is -0.115. The van der Waals surface area contributed by atoms with Gasteiger partial charge in [0.2, 0.25) is 0 Å². The maximum absolute atomic E-state index is 11.4. The zero-order valence-corrected chi connectivity index (χ0v) is 8.91. The molecule has 0 N–H and O–H groups in total. The van der Waals surface area contributed by atoms with Crippen LogP contribution in [0.25, 0.3) is 0 Å². The minimum Gasteiger partial charge on any atom is -0.295 e. The Balaban J connectivity index is 2.22. The third kappa shape index (κ3) is 2.17. The predicted octanol–water partition coefficient (Wildman–Crippen LogP) is 3.25. The molecule has 0 aromatic heterocycles. The molecule has 1 heteroatoms. The Morgan fingerprint density at radius 3 is 3.07 bits per heavy atom. The van der Waals surface area contributed by atoms with Crippen molar-refractivity contribution in [3.8, 4) is 0 Å². The molecule has 1 aliphatic rings. The van der Waals surface area contributed by atoms with E-state index in [0.717, 1.165) is 12.8 Å². The van der Waals surface area contributed by atoms with Crippen LogP contribution in [-0.4, -0.2) is 5.78 Å². The first kappa shape index (κ1) is 10.2. The normalized spacial score (nSPS) is 19.3. The van der Waals surface area contributed by atoms with Crippen LogP contribution in [0.15, 0.2) is 36.9 Å². The molecule has 1 aromatic rings. The van der Waals surface area contributed by atoms with Gasteiger partial charge in [0.1, 0.15) is 0 Å². The molecule has 1 aliphatic carbocycles. The molecule has 2 rings (SSSR count). The van der Waals surface area contributed by atoms with Gasteiger partial charge < -0.3 is 0 Å². The van der Waals surface area contributed by atoms with Gasteiger partial charge in [-0.1, -0.05) is 30.8 Å². The maximum Gasteiger partial charge on any atom is 0.155 e. The summed E-state index contributed by atoms with van der Waals surface area (Å²) in [6.07, 6.45) is 5.56. The van der Waals surface area contributed by atoms with Gasteiger partial charge in [0, 0.05) is 6.42 Å². The highest BCUT2D eigenvalue weighted by molar-refractivity contribution is 5.89. The number of aryl methyl sites for hydroxylation is 1. The van der Waals surface area contributed by atoms with E-state index in [1.54, 1.807) is 0 Å². The van der Waals surface area contributed by atoms with Crippen molar-refractivity contribution < 1.29 is 4.79 Å². The minimum absolute atomic E-state index is 0.164. The van der Waals surface area contributed by atoms with Gasteiger partial charge in [0.05, 0.1) is 0 Å². The van der Waals surface area contributed by atoms with Crippen LogP contribution in [0.4, 0.5) is 0 Å². The van der Waals surface area contributed by atoms with Crippen molar-refractivity contribution in [3.05, 3.63) is 48.0 Å². The third-order valence-electron chi connectivity index (χ3n) is 3.17. The number of hydrogen-bond donors (Lipinski definition) is 0. The Kier molecular flexibility index (Phi) is 3.00. The molecule has 0 amide bonds. The second-order valence-electron chi connectivity index (χ2n) is 4.16. The van der Waals surface area contributed by atoms with Crippen LogP contribution < -0.4 is 0 Å². The summed E-state index contributed by atoms with van der Waals surface area (Å²) in [4.78, 5) is 11.4. The van der Waals surface area contributed by atoms with Crippen LogP contribution in [0.1, 0.15) is 36.3 Å². The number of rotatable bonds is 3. The van der Waals surface area contributed by atoms with E-state index in [1.807, 2.05) is 0 Å². The van der Waals surface area contributed by atoms with Gasteiger partial charge in [-0.25, -0.2) is 0 Å². The molecule has 0 spiro atoms. The highest BCUT2D eigenvalue weighted by atomic mass is 16.1. The molecule has 0 fully saturated rings. The molecule has 0 saturated heterocycles. The van der Waals surface area contributed by atoms with Crippen LogP contribution in [-0.2, 0) is 11.2 Å². The number of ketones is 1. The molecule has 15 heavy (non-hydrogen) atoms.